The summed E-state index contributed by atoms with van der Waals surface area (Å²) in [6.45, 7) is 8.54. The first-order valence-corrected chi connectivity index (χ1v) is 7.96. The van der Waals surface area contributed by atoms with Crippen LogP contribution in [0, 0.1) is 19.8 Å². The Hall–Kier alpha value is -1.88. The van der Waals surface area contributed by atoms with Gasteiger partial charge in [0, 0.05) is 11.6 Å². The number of aryl methyl sites for hydroxylation is 1. The van der Waals surface area contributed by atoms with Gasteiger partial charge in [-0.1, -0.05) is 19.1 Å². The molecule has 0 aliphatic carbocycles. The van der Waals surface area contributed by atoms with E-state index in [1.54, 1.807) is 0 Å². The third-order valence-corrected chi connectivity index (χ3v) is 4.38. The number of anilines is 1. The average Bonchev–Trinajstić information content (AvgIpc) is 2.43. The van der Waals surface area contributed by atoms with Crippen molar-refractivity contribution in [1.82, 2.24) is 5.32 Å². The molecule has 1 aliphatic rings. The number of hydrogen-bond acceptors (Lipinski definition) is 2. The number of quaternary nitrogens is 1. The second-order valence-corrected chi connectivity index (χ2v) is 6.38. The molecule has 1 saturated heterocycles. The molecule has 0 aromatic heterocycles. The zero-order valence-electron chi connectivity index (χ0n) is 13.7. The standard InChI is InChI=1S/C17H25N3O2/c1-12-6-5-9-20(10-12)11-16(21)19-17(22)18-15-8-4-7-13(2)14(15)3/h4,7-8,12H,5-6,9-11H2,1-3H3,(H2,18,19,21,22)/p+1/t12-/m0/s1. The zero-order valence-corrected chi connectivity index (χ0v) is 13.7. The first-order chi connectivity index (χ1) is 10.5. The molecule has 120 valence electrons. The fourth-order valence-electron chi connectivity index (χ4n) is 3.00. The van der Waals surface area contributed by atoms with Crippen molar-refractivity contribution in [2.45, 2.75) is 33.6 Å². The van der Waals surface area contributed by atoms with E-state index in [0.29, 0.717) is 12.5 Å². The summed E-state index contributed by atoms with van der Waals surface area (Å²) in [6.07, 6.45) is 2.39. The molecule has 0 bridgehead atoms. The van der Waals surface area contributed by atoms with Crippen LogP contribution in [0.25, 0.3) is 0 Å². The molecule has 1 aliphatic heterocycles. The molecule has 1 aromatic rings. The smallest absolute Gasteiger partial charge is 0.326 e. The molecule has 0 radical (unpaired) electrons. The summed E-state index contributed by atoms with van der Waals surface area (Å²) in [5, 5.41) is 5.18. The van der Waals surface area contributed by atoms with Crippen LogP contribution in [0.5, 0.6) is 0 Å². The van der Waals surface area contributed by atoms with Crippen LogP contribution in [0.1, 0.15) is 30.9 Å². The Labute approximate surface area is 132 Å². The highest BCUT2D eigenvalue weighted by Gasteiger charge is 2.22. The Morgan fingerprint density at radius 3 is 2.82 bits per heavy atom. The monoisotopic (exact) mass is 304 g/mol. The number of urea groups is 1. The highest BCUT2D eigenvalue weighted by molar-refractivity contribution is 6.01. The lowest BCUT2D eigenvalue weighted by Gasteiger charge is -2.27. The summed E-state index contributed by atoms with van der Waals surface area (Å²) in [6, 6.07) is 5.26. The Balaban J connectivity index is 1.83. The molecule has 1 unspecified atom stereocenters. The molecule has 0 spiro atoms. The maximum absolute atomic E-state index is 12.0. The fourth-order valence-corrected chi connectivity index (χ4v) is 3.00. The zero-order chi connectivity index (χ0) is 16.1. The van der Waals surface area contributed by atoms with Crippen molar-refractivity contribution < 1.29 is 14.5 Å². The van der Waals surface area contributed by atoms with E-state index in [4.69, 9.17) is 0 Å². The van der Waals surface area contributed by atoms with Crippen molar-refractivity contribution in [1.29, 1.82) is 0 Å². The van der Waals surface area contributed by atoms with Crippen molar-refractivity contribution in [2.75, 3.05) is 25.0 Å². The predicted molar refractivity (Wildman–Crippen MR) is 87.0 cm³/mol. The second-order valence-electron chi connectivity index (χ2n) is 6.38. The number of nitrogens with one attached hydrogen (secondary N) is 3. The minimum absolute atomic E-state index is 0.216. The number of likely N-dealkylation sites (tertiary alicyclic amines) is 1. The number of benzene rings is 1. The van der Waals surface area contributed by atoms with Crippen LogP contribution in [0.4, 0.5) is 10.5 Å². The van der Waals surface area contributed by atoms with Gasteiger partial charge in [-0.15, -0.1) is 0 Å². The highest BCUT2D eigenvalue weighted by atomic mass is 16.2. The molecule has 2 rings (SSSR count). The van der Waals surface area contributed by atoms with Gasteiger partial charge in [-0.2, -0.15) is 0 Å². The van der Waals surface area contributed by atoms with Crippen molar-refractivity contribution in [2.24, 2.45) is 5.92 Å². The Morgan fingerprint density at radius 2 is 2.09 bits per heavy atom. The van der Waals surface area contributed by atoms with Gasteiger partial charge in [0.05, 0.1) is 13.1 Å². The van der Waals surface area contributed by atoms with Gasteiger partial charge in [0.25, 0.3) is 5.91 Å². The van der Waals surface area contributed by atoms with Crippen molar-refractivity contribution >= 4 is 17.6 Å². The largest absolute Gasteiger partial charge is 0.327 e. The number of imide groups is 1. The lowest BCUT2D eigenvalue weighted by Crippen LogP contribution is -3.14. The Morgan fingerprint density at radius 1 is 1.32 bits per heavy atom. The van der Waals surface area contributed by atoms with E-state index < -0.39 is 6.03 Å². The third kappa shape index (κ3) is 4.56. The van der Waals surface area contributed by atoms with Crippen molar-refractivity contribution in [3.8, 4) is 0 Å². The van der Waals surface area contributed by atoms with Crippen LogP contribution in [0.3, 0.4) is 0 Å². The number of carbonyl (C=O) groups excluding carboxylic acids is 2. The molecule has 1 fully saturated rings. The summed E-state index contributed by atoms with van der Waals surface area (Å²) in [5.74, 6) is 0.437. The van der Waals surface area contributed by atoms with Gasteiger partial charge in [0.1, 0.15) is 0 Å². The van der Waals surface area contributed by atoms with Crippen LogP contribution < -0.4 is 15.5 Å². The van der Waals surface area contributed by atoms with E-state index in [2.05, 4.69) is 17.6 Å². The summed E-state index contributed by atoms with van der Waals surface area (Å²) < 4.78 is 0. The van der Waals surface area contributed by atoms with E-state index in [1.165, 1.54) is 11.3 Å². The molecule has 2 atom stereocenters. The van der Waals surface area contributed by atoms with E-state index in [9.17, 15) is 9.59 Å². The van der Waals surface area contributed by atoms with E-state index >= 15 is 0 Å². The first kappa shape index (κ1) is 16.5. The topological polar surface area (TPSA) is 62.6 Å². The Kier molecular flexibility index (Phi) is 5.55. The van der Waals surface area contributed by atoms with Gasteiger partial charge in [-0.05, 0) is 43.9 Å². The van der Waals surface area contributed by atoms with Gasteiger partial charge in [0.15, 0.2) is 6.54 Å². The minimum atomic E-state index is -0.455. The maximum Gasteiger partial charge on any atom is 0.326 e. The number of piperidine rings is 1. The van der Waals surface area contributed by atoms with E-state index in [1.807, 2.05) is 32.0 Å². The summed E-state index contributed by atoms with van der Waals surface area (Å²) in [4.78, 5) is 25.2. The molecule has 3 amide bonds. The maximum atomic E-state index is 12.0. The number of amides is 3. The minimum Gasteiger partial charge on any atom is -0.327 e. The van der Waals surface area contributed by atoms with Crippen molar-refractivity contribution in [3.05, 3.63) is 29.3 Å². The van der Waals surface area contributed by atoms with Crippen molar-refractivity contribution in [3.63, 3.8) is 0 Å². The highest BCUT2D eigenvalue weighted by Crippen LogP contribution is 2.17. The SMILES string of the molecule is Cc1cccc(NC(=O)NC(=O)C[NH+]2CCC[C@H](C)C2)c1C. The van der Waals surface area contributed by atoms with E-state index in [0.717, 1.165) is 36.3 Å². The quantitative estimate of drug-likeness (QED) is 0.787. The molecule has 22 heavy (non-hydrogen) atoms. The van der Waals surface area contributed by atoms with Gasteiger partial charge < -0.3 is 10.2 Å². The van der Waals surface area contributed by atoms with Gasteiger partial charge in [0.2, 0.25) is 0 Å². The predicted octanol–water partition coefficient (Wildman–Crippen LogP) is 1.27. The van der Waals surface area contributed by atoms with Gasteiger partial charge in [-0.3, -0.25) is 10.1 Å². The normalized spacial score (nSPS) is 21.2. The summed E-state index contributed by atoms with van der Waals surface area (Å²) >= 11 is 0. The second kappa shape index (κ2) is 7.40. The van der Waals surface area contributed by atoms with Crippen LogP contribution in [0.15, 0.2) is 18.2 Å². The molecular formula is C17H26N3O2+. The van der Waals surface area contributed by atoms with Crippen LogP contribution in [0.2, 0.25) is 0 Å². The number of rotatable bonds is 3. The summed E-state index contributed by atoms with van der Waals surface area (Å²) in [7, 11) is 0. The molecule has 0 saturated carbocycles. The molecule has 3 N–H and O–H groups in total. The molecule has 5 heteroatoms. The average molecular weight is 304 g/mol. The Bertz CT molecular complexity index is 557. The molecular weight excluding hydrogens is 278 g/mol. The number of hydrogen-bond donors (Lipinski definition) is 3. The fraction of sp³-hybridized carbons (Fsp3) is 0.529. The van der Waals surface area contributed by atoms with Gasteiger partial charge in [-0.25, -0.2) is 4.79 Å². The van der Waals surface area contributed by atoms with E-state index in [-0.39, 0.29) is 5.91 Å². The lowest BCUT2D eigenvalue weighted by atomic mass is 10.0. The lowest BCUT2D eigenvalue weighted by molar-refractivity contribution is -0.900. The van der Waals surface area contributed by atoms with Crippen LogP contribution >= 0.6 is 0 Å². The first-order valence-electron chi connectivity index (χ1n) is 7.96. The molecule has 1 heterocycles. The van der Waals surface area contributed by atoms with Crippen LogP contribution in [-0.2, 0) is 4.79 Å². The molecule has 5 nitrogen and oxygen atoms in total. The van der Waals surface area contributed by atoms with Gasteiger partial charge >= 0.3 is 6.03 Å². The number of carbonyl (C=O) groups is 2. The molecule has 1 aromatic carbocycles. The van der Waals surface area contributed by atoms with Crippen LogP contribution in [-0.4, -0.2) is 31.6 Å². The third-order valence-electron chi connectivity index (χ3n) is 4.38. The summed E-state index contributed by atoms with van der Waals surface area (Å²) in [5.41, 5.74) is 2.86.